The van der Waals surface area contributed by atoms with Crippen LogP contribution in [-0.4, -0.2) is 18.5 Å². The van der Waals surface area contributed by atoms with Gasteiger partial charge in [-0.25, -0.2) is 9.18 Å². The Hall–Kier alpha value is -2.93. The molecule has 1 aromatic carbocycles. The zero-order valence-corrected chi connectivity index (χ0v) is 16.6. The first-order chi connectivity index (χ1) is 13.4. The van der Waals surface area contributed by atoms with Crippen molar-refractivity contribution >= 4 is 23.2 Å². The average Bonchev–Trinajstić information content (AvgIpc) is 3.27. The number of hydrogen-bond donors (Lipinski definition) is 1. The van der Waals surface area contributed by atoms with Crippen molar-refractivity contribution in [2.75, 3.05) is 6.61 Å². The van der Waals surface area contributed by atoms with Gasteiger partial charge in [0.15, 0.2) is 6.61 Å². The minimum Gasteiger partial charge on any atom is -0.465 e. The van der Waals surface area contributed by atoms with E-state index in [-0.39, 0.29) is 5.82 Å². The fourth-order valence-corrected chi connectivity index (χ4v) is 3.73. The number of hydrogen-bond acceptors (Lipinski definition) is 5. The van der Waals surface area contributed by atoms with E-state index in [2.05, 4.69) is 5.32 Å². The van der Waals surface area contributed by atoms with Crippen LogP contribution in [-0.2, 0) is 9.53 Å². The van der Waals surface area contributed by atoms with Crippen LogP contribution in [0.5, 0.6) is 0 Å². The van der Waals surface area contributed by atoms with Gasteiger partial charge in [-0.3, -0.25) is 4.79 Å². The molecule has 0 unspecified atom stereocenters. The van der Waals surface area contributed by atoms with Crippen LogP contribution >= 0.6 is 11.3 Å². The molecular formula is C21H20FNO4S. The Kier molecular flexibility index (Phi) is 5.94. The monoisotopic (exact) mass is 401 g/mol. The molecule has 28 heavy (non-hydrogen) atoms. The molecule has 0 saturated carbocycles. The summed E-state index contributed by atoms with van der Waals surface area (Å²) in [5.74, 6) is -0.302. The molecule has 0 spiro atoms. The molecular weight excluding hydrogens is 381 g/mol. The third kappa shape index (κ3) is 4.31. The van der Waals surface area contributed by atoms with Crippen molar-refractivity contribution in [3.05, 3.63) is 80.7 Å². The summed E-state index contributed by atoms with van der Waals surface area (Å²) in [6.45, 7) is 4.78. The van der Waals surface area contributed by atoms with Crippen molar-refractivity contribution in [2.24, 2.45) is 0 Å². The number of thiophene rings is 1. The van der Waals surface area contributed by atoms with E-state index in [1.807, 2.05) is 17.5 Å². The predicted molar refractivity (Wildman–Crippen MR) is 104 cm³/mol. The Morgan fingerprint density at radius 3 is 2.43 bits per heavy atom. The smallest absolute Gasteiger partial charge is 0.342 e. The van der Waals surface area contributed by atoms with Gasteiger partial charge in [-0.15, -0.1) is 11.3 Å². The Morgan fingerprint density at radius 2 is 1.86 bits per heavy atom. The Labute approximate surface area is 166 Å². The lowest BCUT2D eigenvalue weighted by molar-refractivity contribution is -0.124. The molecule has 0 aliphatic carbocycles. The first-order valence-corrected chi connectivity index (χ1v) is 9.56. The van der Waals surface area contributed by atoms with Crippen LogP contribution in [0.3, 0.4) is 0 Å². The Bertz CT molecular complexity index is 977. The second kappa shape index (κ2) is 8.39. The molecule has 5 nitrogen and oxygen atoms in total. The molecule has 1 atom stereocenters. The summed E-state index contributed by atoms with van der Waals surface area (Å²) in [4.78, 5) is 25.6. The lowest BCUT2D eigenvalue weighted by atomic mass is 10.1. The van der Waals surface area contributed by atoms with Crippen LogP contribution < -0.4 is 5.32 Å². The lowest BCUT2D eigenvalue weighted by Gasteiger charge is -2.18. The predicted octanol–water partition coefficient (Wildman–Crippen LogP) is 4.47. The molecule has 0 saturated heterocycles. The van der Waals surface area contributed by atoms with Crippen LogP contribution in [0.2, 0.25) is 0 Å². The van der Waals surface area contributed by atoms with Crippen molar-refractivity contribution in [3.63, 3.8) is 0 Å². The van der Waals surface area contributed by atoms with Crippen molar-refractivity contribution in [1.29, 1.82) is 0 Å². The summed E-state index contributed by atoms with van der Waals surface area (Å²) in [6.07, 6.45) is 0. The highest BCUT2D eigenvalue weighted by Gasteiger charge is 2.22. The third-order valence-corrected chi connectivity index (χ3v) is 5.37. The molecule has 0 bridgehead atoms. The molecule has 7 heteroatoms. The zero-order valence-electron chi connectivity index (χ0n) is 15.7. The van der Waals surface area contributed by atoms with Gasteiger partial charge in [0, 0.05) is 10.4 Å². The maximum atomic E-state index is 13.2. The van der Waals surface area contributed by atoms with Crippen LogP contribution in [0.1, 0.15) is 43.9 Å². The molecule has 2 aromatic heterocycles. The lowest BCUT2D eigenvalue weighted by Crippen LogP contribution is -2.32. The van der Waals surface area contributed by atoms with Crippen molar-refractivity contribution in [3.8, 4) is 0 Å². The van der Waals surface area contributed by atoms with Crippen LogP contribution in [0.15, 0.2) is 46.2 Å². The number of rotatable bonds is 6. The molecule has 0 aliphatic heterocycles. The van der Waals surface area contributed by atoms with E-state index in [0.717, 1.165) is 10.4 Å². The van der Waals surface area contributed by atoms with Crippen molar-refractivity contribution in [2.45, 2.75) is 26.8 Å². The SMILES string of the molecule is Cc1oc(C)c(C(=O)OCC(=O)N[C@@H](c2ccc(F)cc2)c2cccs2)c1C. The first-order valence-electron chi connectivity index (χ1n) is 8.68. The second-order valence-electron chi connectivity index (χ2n) is 6.36. The minimum atomic E-state index is -0.601. The van der Waals surface area contributed by atoms with E-state index >= 15 is 0 Å². The van der Waals surface area contributed by atoms with Gasteiger partial charge >= 0.3 is 5.97 Å². The number of nitrogens with one attached hydrogen (secondary N) is 1. The van der Waals surface area contributed by atoms with Gasteiger partial charge in [0.1, 0.15) is 22.9 Å². The molecule has 3 rings (SSSR count). The maximum Gasteiger partial charge on any atom is 0.342 e. The zero-order chi connectivity index (χ0) is 20.3. The van der Waals surface area contributed by atoms with Crippen LogP contribution in [0.25, 0.3) is 0 Å². The highest BCUT2D eigenvalue weighted by molar-refractivity contribution is 7.10. The summed E-state index contributed by atoms with van der Waals surface area (Å²) in [6, 6.07) is 9.22. The topological polar surface area (TPSA) is 68.5 Å². The van der Waals surface area contributed by atoms with Crippen molar-refractivity contribution < 1.29 is 23.1 Å². The number of benzene rings is 1. The van der Waals surface area contributed by atoms with E-state index in [9.17, 15) is 14.0 Å². The fourth-order valence-electron chi connectivity index (χ4n) is 2.93. The molecule has 3 aromatic rings. The van der Waals surface area contributed by atoms with E-state index in [1.165, 1.54) is 23.5 Å². The number of ether oxygens (including phenoxy) is 1. The Morgan fingerprint density at radius 1 is 1.14 bits per heavy atom. The summed E-state index contributed by atoms with van der Waals surface area (Å²) < 4.78 is 23.8. The molecule has 2 heterocycles. The van der Waals surface area contributed by atoms with Gasteiger partial charge in [0.05, 0.1) is 6.04 Å². The van der Waals surface area contributed by atoms with E-state index < -0.39 is 24.5 Å². The highest BCUT2D eigenvalue weighted by atomic mass is 32.1. The normalized spacial score (nSPS) is 11.9. The molecule has 1 amide bonds. The van der Waals surface area contributed by atoms with Crippen LogP contribution in [0, 0.1) is 26.6 Å². The number of furan rings is 1. The van der Waals surface area contributed by atoms with E-state index in [0.29, 0.717) is 22.6 Å². The number of carbonyl (C=O) groups excluding carboxylic acids is 2. The third-order valence-electron chi connectivity index (χ3n) is 4.44. The minimum absolute atomic E-state index is 0.346. The number of aryl methyl sites for hydroxylation is 2. The van der Waals surface area contributed by atoms with Gasteiger partial charge < -0.3 is 14.5 Å². The summed E-state index contributed by atoms with van der Waals surface area (Å²) in [5.41, 5.74) is 1.78. The van der Waals surface area contributed by atoms with Crippen molar-refractivity contribution in [1.82, 2.24) is 5.32 Å². The van der Waals surface area contributed by atoms with Gasteiger partial charge in [0.25, 0.3) is 5.91 Å². The molecule has 0 aliphatic rings. The van der Waals surface area contributed by atoms with Gasteiger partial charge in [-0.2, -0.15) is 0 Å². The van der Waals surface area contributed by atoms with Gasteiger partial charge in [0.2, 0.25) is 0 Å². The first kappa shape index (κ1) is 19.8. The Balaban J connectivity index is 1.69. The molecule has 0 radical (unpaired) electrons. The fraction of sp³-hybridized carbons (Fsp3) is 0.238. The quantitative estimate of drug-likeness (QED) is 0.619. The summed E-state index contributed by atoms with van der Waals surface area (Å²) in [5, 5.41) is 4.74. The number of amides is 1. The number of esters is 1. The van der Waals surface area contributed by atoms with Crippen LogP contribution in [0.4, 0.5) is 4.39 Å². The molecule has 0 fully saturated rings. The standard InChI is InChI=1S/C21H20FNO4S/c1-12-13(2)27-14(3)19(12)21(25)26-11-18(24)23-20(17-5-4-10-28-17)15-6-8-16(22)9-7-15/h4-10,20H,11H2,1-3H3,(H,23,24)/t20-/m0/s1. The molecule has 146 valence electrons. The second-order valence-corrected chi connectivity index (χ2v) is 7.34. The summed E-state index contributed by atoms with van der Waals surface area (Å²) in [7, 11) is 0. The van der Waals surface area contributed by atoms with Gasteiger partial charge in [-0.1, -0.05) is 18.2 Å². The van der Waals surface area contributed by atoms with E-state index in [1.54, 1.807) is 32.9 Å². The molecule has 1 N–H and O–H groups in total. The van der Waals surface area contributed by atoms with E-state index in [4.69, 9.17) is 9.15 Å². The largest absolute Gasteiger partial charge is 0.465 e. The van der Waals surface area contributed by atoms with Gasteiger partial charge in [-0.05, 0) is 49.9 Å². The summed E-state index contributed by atoms with van der Waals surface area (Å²) >= 11 is 1.47. The highest BCUT2D eigenvalue weighted by Crippen LogP contribution is 2.26. The average molecular weight is 401 g/mol. The maximum absolute atomic E-state index is 13.2. The number of carbonyl (C=O) groups is 2. The number of halogens is 1.